The normalized spacial score (nSPS) is 11.5. The van der Waals surface area contributed by atoms with E-state index < -0.39 is 10.3 Å². The minimum absolute atomic E-state index is 0.378. The van der Waals surface area contributed by atoms with E-state index in [1.54, 1.807) is 17.8 Å². The van der Waals surface area contributed by atoms with Crippen LogP contribution in [0.3, 0.4) is 0 Å². The summed E-state index contributed by atoms with van der Waals surface area (Å²) in [4.78, 5) is 1.73. The Hall–Kier alpha value is -0.820. The molecule has 3 N–H and O–H groups in total. The summed E-state index contributed by atoms with van der Waals surface area (Å²) in [6.45, 7) is 3.64. The van der Waals surface area contributed by atoms with Gasteiger partial charge >= 0.3 is 10.3 Å². The minimum Gasteiger partial charge on any atom is -0.305 e. The third kappa shape index (κ3) is 3.67. The van der Waals surface area contributed by atoms with E-state index in [2.05, 4.69) is 5.43 Å². The van der Waals surface area contributed by atoms with Gasteiger partial charge in [0.25, 0.3) is 0 Å². The standard InChI is InChI=1S/C8H11ClN2O3S/c1-5-3-6(2)8(7(9)4-5)10-11-15(12,13)14/h3-4,10-11H,1-2H3,(H,12,13,14). The Kier molecular flexibility index (Phi) is 3.56. The van der Waals surface area contributed by atoms with E-state index in [0.29, 0.717) is 10.7 Å². The van der Waals surface area contributed by atoms with Gasteiger partial charge in [-0.2, -0.15) is 8.42 Å². The summed E-state index contributed by atoms with van der Waals surface area (Å²) in [5.41, 5.74) is 4.49. The highest BCUT2D eigenvalue weighted by Crippen LogP contribution is 2.26. The van der Waals surface area contributed by atoms with Gasteiger partial charge in [-0.25, -0.2) is 0 Å². The number of rotatable bonds is 3. The van der Waals surface area contributed by atoms with Crippen molar-refractivity contribution in [3.8, 4) is 0 Å². The number of nitrogens with one attached hydrogen (secondary N) is 2. The van der Waals surface area contributed by atoms with Gasteiger partial charge in [0.1, 0.15) is 0 Å². The number of anilines is 1. The maximum Gasteiger partial charge on any atom is 0.350 e. The largest absolute Gasteiger partial charge is 0.350 e. The second kappa shape index (κ2) is 4.36. The van der Waals surface area contributed by atoms with Crippen molar-refractivity contribution >= 4 is 27.6 Å². The van der Waals surface area contributed by atoms with Gasteiger partial charge in [-0.05, 0) is 31.0 Å². The fourth-order valence-corrected chi connectivity index (χ4v) is 1.79. The highest BCUT2D eigenvalue weighted by Gasteiger charge is 2.08. The lowest BCUT2D eigenvalue weighted by Crippen LogP contribution is -2.29. The Morgan fingerprint density at radius 1 is 1.33 bits per heavy atom. The zero-order chi connectivity index (χ0) is 11.6. The van der Waals surface area contributed by atoms with Crippen molar-refractivity contribution in [2.75, 3.05) is 5.43 Å². The van der Waals surface area contributed by atoms with Gasteiger partial charge in [-0.15, -0.1) is 4.83 Å². The van der Waals surface area contributed by atoms with Crippen LogP contribution in [0.4, 0.5) is 5.69 Å². The quantitative estimate of drug-likeness (QED) is 0.563. The molecule has 0 aliphatic carbocycles. The van der Waals surface area contributed by atoms with E-state index in [4.69, 9.17) is 16.2 Å². The van der Waals surface area contributed by atoms with E-state index in [1.165, 1.54) is 0 Å². The van der Waals surface area contributed by atoms with Crippen molar-refractivity contribution in [2.45, 2.75) is 13.8 Å². The lowest BCUT2D eigenvalue weighted by molar-refractivity contribution is 0.473. The van der Waals surface area contributed by atoms with Gasteiger partial charge in [0.2, 0.25) is 0 Å². The molecule has 84 valence electrons. The second-order valence-corrected chi connectivity index (χ2v) is 4.70. The first-order valence-electron chi connectivity index (χ1n) is 4.06. The molecular formula is C8H11ClN2O3S. The van der Waals surface area contributed by atoms with E-state index in [0.717, 1.165) is 11.1 Å². The highest BCUT2D eigenvalue weighted by molar-refractivity contribution is 7.83. The van der Waals surface area contributed by atoms with Crippen LogP contribution in [-0.2, 0) is 10.3 Å². The van der Waals surface area contributed by atoms with Crippen molar-refractivity contribution < 1.29 is 13.0 Å². The van der Waals surface area contributed by atoms with Crippen molar-refractivity contribution in [1.82, 2.24) is 4.83 Å². The Balaban J connectivity index is 2.96. The van der Waals surface area contributed by atoms with Crippen molar-refractivity contribution in [3.05, 3.63) is 28.3 Å². The van der Waals surface area contributed by atoms with Crippen molar-refractivity contribution in [3.63, 3.8) is 0 Å². The molecule has 0 unspecified atom stereocenters. The summed E-state index contributed by atoms with van der Waals surface area (Å²) in [5.74, 6) is 0. The summed E-state index contributed by atoms with van der Waals surface area (Å²) < 4.78 is 29.3. The first-order chi connectivity index (χ1) is 6.79. The number of hydrogen-bond donors (Lipinski definition) is 3. The molecule has 15 heavy (non-hydrogen) atoms. The summed E-state index contributed by atoms with van der Waals surface area (Å²) in [6, 6.07) is 3.52. The lowest BCUT2D eigenvalue weighted by atomic mass is 10.1. The van der Waals surface area contributed by atoms with Crippen LogP contribution < -0.4 is 10.3 Å². The minimum atomic E-state index is -4.29. The van der Waals surface area contributed by atoms with Crippen LogP contribution in [0.2, 0.25) is 5.02 Å². The number of halogens is 1. The molecule has 7 heteroatoms. The Morgan fingerprint density at radius 3 is 2.40 bits per heavy atom. The molecule has 1 aromatic carbocycles. The van der Waals surface area contributed by atoms with Gasteiger partial charge in [0.05, 0.1) is 10.7 Å². The van der Waals surface area contributed by atoms with E-state index in [9.17, 15) is 8.42 Å². The van der Waals surface area contributed by atoms with E-state index in [-0.39, 0.29) is 0 Å². The molecule has 0 saturated carbocycles. The number of aryl methyl sites for hydroxylation is 2. The molecular weight excluding hydrogens is 240 g/mol. The highest BCUT2D eigenvalue weighted by atomic mass is 35.5. The SMILES string of the molecule is Cc1cc(C)c(NNS(=O)(=O)O)c(Cl)c1. The van der Waals surface area contributed by atoms with Crippen LogP contribution in [0.15, 0.2) is 12.1 Å². The van der Waals surface area contributed by atoms with Gasteiger partial charge in [0, 0.05) is 0 Å². The van der Waals surface area contributed by atoms with Crippen LogP contribution in [0.25, 0.3) is 0 Å². The molecule has 5 nitrogen and oxygen atoms in total. The zero-order valence-corrected chi connectivity index (χ0v) is 9.78. The second-order valence-electron chi connectivity index (χ2n) is 3.14. The maximum atomic E-state index is 10.4. The fourth-order valence-electron chi connectivity index (χ4n) is 1.19. The molecule has 0 fully saturated rings. The van der Waals surface area contributed by atoms with Gasteiger partial charge < -0.3 is 5.43 Å². The van der Waals surface area contributed by atoms with Crippen LogP contribution in [0.1, 0.15) is 11.1 Å². The van der Waals surface area contributed by atoms with Gasteiger partial charge in [-0.1, -0.05) is 17.7 Å². The molecule has 0 radical (unpaired) electrons. The molecule has 1 rings (SSSR count). The smallest absolute Gasteiger partial charge is 0.305 e. The molecule has 0 aromatic heterocycles. The molecule has 1 aromatic rings. The van der Waals surface area contributed by atoms with Crippen LogP contribution >= 0.6 is 11.6 Å². The van der Waals surface area contributed by atoms with Crippen molar-refractivity contribution in [1.29, 1.82) is 0 Å². The molecule has 0 bridgehead atoms. The number of hydrogen-bond acceptors (Lipinski definition) is 3. The van der Waals surface area contributed by atoms with Gasteiger partial charge in [-0.3, -0.25) is 4.55 Å². The molecule has 0 aliphatic heterocycles. The van der Waals surface area contributed by atoms with E-state index in [1.807, 2.05) is 13.0 Å². The third-order valence-corrected chi connectivity index (χ3v) is 2.39. The fraction of sp³-hybridized carbons (Fsp3) is 0.250. The average molecular weight is 251 g/mol. The zero-order valence-electron chi connectivity index (χ0n) is 8.20. The summed E-state index contributed by atoms with van der Waals surface area (Å²) in [7, 11) is -4.29. The molecule has 0 heterocycles. The predicted molar refractivity (Wildman–Crippen MR) is 59.2 cm³/mol. The monoisotopic (exact) mass is 250 g/mol. The third-order valence-electron chi connectivity index (χ3n) is 1.74. The summed E-state index contributed by atoms with van der Waals surface area (Å²) >= 11 is 5.88. The lowest BCUT2D eigenvalue weighted by Gasteiger charge is -2.11. The molecule has 0 spiro atoms. The predicted octanol–water partition coefficient (Wildman–Crippen LogP) is 1.68. The first kappa shape index (κ1) is 12.3. The van der Waals surface area contributed by atoms with E-state index >= 15 is 0 Å². The van der Waals surface area contributed by atoms with Crippen LogP contribution in [0, 0.1) is 13.8 Å². The number of hydrazine groups is 1. The molecule has 0 atom stereocenters. The Morgan fingerprint density at radius 2 is 1.93 bits per heavy atom. The topological polar surface area (TPSA) is 78.4 Å². The molecule has 0 aliphatic rings. The van der Waals surface area contributed by atoms with Crippen LogP contribution in [-0.4, -0.2) is 13.0 Å². The molecule has 0 saturated heterocycles. The summed E-state index contributed by atoms with van der Waals surface area (Å²) in [5, 5.41) is 0.378. The Labute approximate surface area is 93.3 Å². The van der Waals surface area contributed by atoms with Gasteiger partial charge in [0.15, 0.2) is 0 Å². The first-order valence-corrected chi connectivity index (χ1v) is 5.88. The summed E-state index contributed by atoms with van der Waals surface area (Å²) in [6.07, 6.45) is 0. The number of benzene rings is 1. The van der Waals surface area contributed by atoms with Crippen molar-refractivity contribution in [2.24, 2.45) is 0 Å². The molecule has 0 amide bonds. The van der Waals surface area contributed by atoms with Crippen LogP contribution in [0.5, 0.6) is 0 Å². The average Bonchev–Trinajstić information content (AvgIpc) is 1.99. The maximum absolute atomic E-state index is 10.4. The Bertz CT molecular complexity index is 450.